The zero-order valence-corrected chi connectivity index (χ0v) is 18.5. The highest BCUT2D eigenvalue weighted by Crippen LogP contribution is 2.33. The molecule has 0 bridgehead atoms. The van der Waals surface area contributed by atoms with Crippen LogP contribution in [0.3, 0.4) is 0 Å². The van der Waals surface area contributed by atoms with E-state index < -0.39 is 0 Å². The highest BCUT2D eigenvalue weighted by atomic mass is 32.2. The second-order valence-electron chi connectivity index (χ2n) is 7.45. The Bertz CT molecular complexity index is 1160. The summed E-state index contributed by atoms with van der Waals surface area (Å²) in [5, 5.41) is 1.08. The smallest absolute Gasteiger partial charge is 0.262 e. The Labute approximate surface area is 185 Å². The number of hydrogen-bond acceptors (Lipinski definition) is 6. The molecule has 162 valence electrons. The van der Waals surface area contributed by atoms with Crippen LogP contribution in [0.4, 0.5) is 0 Å². The van der Waals surface area contributed by atoms with Crippen molar-refractivity contribution in [2.75, 3.05) is 26.1 Å². The van der Waals surface area contributed by atoms with Crippen molar-refractivity contribution in [1.29, 1.82) is 0 Å². The van der Waals surface area contributed by atoms with E-state index in [0.717, 1.165) is 24.9 Å². The van der Waals surface area contributed by atoms with Crippen molar-refractivity contribution in [3.05, 3.63) is 58.4 Å². The first kappa shape index (κ1) is 21.2. The van der Waals surface area contributed by atoms with E-state index in [9.17, 15) is 9.59 Å². The maximum Gasteiger partial charge on any atom is 0.262 e. The van der Waals surface area contributed by atoms with E-state index in [2.05, 4.69) is 6.92 Å². The van der Waals surface area contributed by atoms with Crippen LogP contribution < -0.4 is 15.0 Å². The number of hydrogen-bond donors (Lipinski definition) is 0. The lowest BCUT2D eigenvalue weighted by atomic mass is 10.2. The summed E-state index contributed by atoms with van der Waals surface area (Å²) < 4.78 is 12.5. The van der Waals surface area contributed by atoms with Crippen LogP contribution in [0.1, 0.15) is 25.3 Å². The zero-order valence-electron chi connectivity index (χ0n) is 17.7. The molecule has 0 unspecified atom stereocenters. The normalized spacial score (nSPS) is 12.3. The highest BCUT2D eigenvalue weighted by molar-refractivity contribution is 7.99. The summed E-state index contributed by atoms with van der Waals surface area (Å²) in [5.41, 5.74) is 1.40. The molecule has 1 aliphatic rings. The van der Waals surface area contributed by atoms with E-state index in [1.54, 1.807) is 15.5 Å². The van der Waals surface area contributed by atoms with Crippen molar-refractivity contribution >= 4 is 28.6 Å². The number of carbonyl (C=O) groups is 1. The first-order valence-corrected chi connectivity index (χ1v) is 11.3. The van der Waals surface area contributed by atoms with Crippen molar-refractivity contribution in [3.63, 3.8) is 0 Å². The van der Waals surface area contributed by atoms with Gasteiger partial charge in [0.15, 0.2) is 16.7 Å². The first-order valence-electron chi connectivity index (χ1n) is 10.3. The molecule has 3 aromatic rings. The number of nitrogens with zero attached hydrogens (tertiary/aromatic N) is 3. The van der Waals surface area contributed by atoms with E-state index in [1.165, 1.54) is 11.8 Å². The largest absolute Gasteiger partial charge is 0.454 e. The molecule has 1 aliphatic heterocycles. The number of para-hydroxylation sites is 1. The van der Waals surface area contributed by atoms with Crippen molar-refractivity contribution in [1.82, 2.24) is 14.5 Å². The number of amides is 1. The van der Waals surface area contributed by atoms with Crippen molar-refractivity contribution in [2.24, 2.45) is 0 Å². The van der Waals surface area contributed by atoms with Crippen LogP contribution in [0, 0.1) is 0 Å². The zero-order chi connectivity index (χ0) is 21.8. The highest BCUT2D eigenvalue weighted by Gasteiger charge is 2.17. The summed E-state index contributed by atoms with van der Waals surface area (Å²) in [6, 6.07) is 12.9. The minimum absolute atomic E-state index is 0.0236. The summed E-state index contributed by atoms with van der Waals surface area (Å²) in [4.78, 5) is 32.2. The minimum atomic E-state index is -0.127. The second-order valence-corrected chi connectivity index (χ2v) is 8.39. The number of aromatic nitrogens is 2. The summed E-state index contributed by atoms with van der Waals surface area (Å²) >= 11 is 1.30. The van der Waals surface area contributed by atoms with Gasteiger partial charge in [-0.25, -0.2) is 4.98 Å². The molecular formula is C23H25N3O4S. The lowest BCUT2D eigenvalue weighted by Gasteiger charge is -2.17. The van der Waals surface area contributed by atoms with E-state index in [-0.39, 0.29) is 24.0 Å². The predicted molar refractivity (Wildman–Crippen MR) is 121 cm³/mol. The average molecular weight is 440 g/mol. The number of ether oxygens (including phenoxy) is 2. The molecule has 1 aromatic heterocycles. The third kappa shape index (κ3) is 4.69. The van der Waals surface area contributed by atoms with Gasteiger partial charge in [0.2, 0.25) is 12.7 Å². The molecule has 0 radical (unpaired) electrons. The standard InChI is InChI=1S/C23H25N3O4S/c1-3-4-11-25(2)21(27)14-31-23-24-18-8-6-5-7-17(18)22(28)26(23)13-16-9-10-19-20(12-16)30-15-29-19/h5-10,12H,3-4,11,13-15H2,1-2H3. The molecule has 0 fully saturated rings. The van der Waals surface area contributed by atoms with Gasteiger partial charge in [0.25, 0.3) is 5.56 Å². The minimum Gasteiger partial charge on any atom is -0.454 e. The van der Waals surface area contributed by atoms with Gasteiger partial charge in [-0.1, -0.05) is 43.3 Å². The van der Waals surface area contributed by atoms with Gasteiger partial charge in [0, 0.05) is 13.6 Å². The Kier molecular flexibility index (Phi) is 6.46. The monoisotopic (exact) mass is 439 g/mol. The van der Waals surface area contributed by atoms with Crippen LogP contribution in [-0.4, -0.2) is 46.5 Å². The van der Waals surface area contributed by atoms with Gasteiger partial charge in [-0.05, 0) is 36.2 Å². The Balaban J connectivity index is 1.63. The van der Waals surface area contributed by atoms with Crippen molar-refractivity contribution in [2.45, 2.75) is 31.5 Å². The fourth-order valence-electron chi connectivity index (χ4n) is 3.38. The molecule has 0 spiro atoms. The van der Waals surface area contributed by atoms with Gasteiger partial charge in [-0.2, -0.15) is 0 Å². The van der Waals surface area contributed by atoms with Crippen molar-refractivity contribution < 1.29 is 14.3 Å². The van der Waals surface area contributed by atoms with Gasteiger partial charge in [-0.3, -0.25) is 14.2 Å². The van der Waals surface area contributed by atoms with Crippen LogP contribution >= 0.6 is 11.8 Å². The SMILES string of the molecule is CCCCN(C)C(=O)CSc1nc2ccccc2c(=O)n1Cc1ccc2c(c1)OCO2. The maximum absolute atomic E-state index is 13.3. The summed E-state index contributed by atoms with van der Waals surface area (Å²) in [7, 11) is 1.81. The van der Waals surface area contributed by atoms with E-state index in [1.807, 2.05) is 43.4 Å². The molecule has 2 heterocycles. The van der Waals surface area contributed by atoms with Gasteiger partial charge in [0.1, 0.15) is 0 Å². The number of benzene rings is 2. The molecule has 0 atom stereocenters. The van der Waals surface area contributed by atoms with Gasteiger partial charge in [0.05, 0.1) is 23.2 Å². The molecule has 0 N–H and O–H groups in total. The maximum atomic E-state index is 13.3. The van der Waals surface area contributed by atoms with Crippen LogP contribution in [0.15, 0.2) is 52.4 Å². The molecule has 0 saturated carbocycles. The second kappa shape index (κ2) is 9.43. The Morgan fingerprint density at radius 1 is 1.19 bits per heavy atom. The van der Waals surface area contributed by atoms with Crippen molar-refractivity contribution in [3.8, 4) is 11.5 Å². The van der Waals surface area contributed by atoms with Crippen LogP contribution in [0.5, 0.6) is 11.5 Å². The summed E-state index contributed by atoms with van der Waals surface area (Å²) in [6.45, 7) is 3.35. The van der Waals surface area contributed by atoms with E-state index in [4.69, 9.17) is 14.5 Å². The van der Waals surface area contributed by atoms with E-state index in [0.29, 0.717) is 34.1 Å². The molecular weight excluding hydrogens is 414 g/mol. The number of carbonyl (C=O) groups excluding carboxylic acids is 1. The molecule has 7 nitrogen and oxygen atoms in total. The fraction of sp³-hybridized carbons (Fsp3) is 0.348. The predicted octanol–water partition coefficient (Wildman–Crippen LogP) is 3.52. The molecule has 4 rings (SSSR count). The van der Waals surface area contributed by atoms with Gasteiger partial charge < -0.3 is 14.4 Å². The Morgan fingerprint density at radius 2 is 2.00 bits per heavy atom. The molecule has 31 heavy (non-hydrogen) atoms. The molecule has 1 amide bonds. The number of thioether (sulfide) groups is 1. The Hall–Kier alpha value is -3.00. The topological polar surface area (TPSA) is 73.7 Å². The van der Waals surface area contributed by atoms with Gasteiger partial charge >= 0.3 is 0 Å². The Morgan fingerprint density at radius 3 is 2.84 bits per heavy atom. The molecule has 8 heteroatoms. The lowest BCUT2D eigenvalue weighted by molar-refractivity contribution is -0.127. The fourth-order valence-corrected chi connectivity index (χ4v) is 4.31. The third-order valence-corrected chi connectivity index (χ3v) is 6.16. The molecule has 0 saturated heterocycles. The quantitative estimate of drug-likeness (QED) is 0.395. The number of rotatable bonds is 8. The van der Waals surface area contributed by atoms with Gasteiger partial charge in [-0.15, -0.1) is 0 Å². The summed E-state index contributed by atoms with van der Waals surface area (Å²) in [6.07, 6.45) is 2.00. The molecule has 2 aromatic carbocycles. The number of fused-ring (bicyclic) bond motifs is 2. The first-order chi connectivity index (χ1) is 15.1. The molecule has 0 aliphatic carbocycles. The summed E-state index contributed by atoms with van der Waals surface area (Å²) in [5.74, 6) is 1.62. The average Bonchev–Trinajstić information content (AvgIpc) is 3.26. The number of unbranched alkanes of at least 4 members (excludes halogenated alkanes) is 1. The van der Waals surface area contributed by atoms with E-state index >= 15 is 0 Å². The third-order valence-electron chi connectivity index (χ3n) is 5.20. The van der Waals surface area contributed by atoms with Crippen LogP contribution in [0.25, 0.3) is 10.9 Å². The van der Waals surface area contributed by atoms with Crippen LogP contribution in [0.2, 0.25) is 0 Å². The van der Waals surface area contributed by atoms with Crippen LogP contribution in [-0.2, 0) is 11.3 Å². The lowest BCUT2D eigenvalue weighted by Crippen LogP contribution is -2.30.